The zero-order valence-corrected chi connectivity index (χ0v) is 13.3. The minimum absolute atomic E-state index is 0. The third kappa shape index (κ3) is 5.59. The van der Waals surface area contributed by atoms with Crippen LogP contribution in [-0.4, -0.2) is 11.9 Å². The van der Waals surface area contributed by atoms with Gasteiger partial charge in [0.15, 0.2) is 0 Å². The highest BCUT2D eigenvalue weighted by atomic mass is 35.5. The number of benzene rings is 1. The van der Waals surface area contributed by atoms with Crippen molar-refractivity contribution in [3.8, 4) is 0 Å². The van der Waals surface area contributed by atoms with E-state index in [2.05, 4.69) is 5.32 Å². The van der Waals surface area contributed by atoms with E-state index in [0.717, 1.165) is 12.5 Å². The van der Waals surface area contributed by atoms with Gasteiger partial charge in [-0.25, -0.2) is 8.78 Å². The number of carbonyl (C=O) groups is 1. The molecule has 0 saturated heterocycles. The molecule has 120 valence electrons. The standard InChI is InChI=1S/C15H22F2N2O.ClH/c1-4-5-14(19-15(20)9(2)10(3)18)12-7-6-11(16)8-13(12)17;/h6-10,14H,4-5,18H2,1-3H3,(H,19,20);1H. The van der Waals surface area contributed by atoms with Gasteiger partial charge in [-0.15, -0.1) is 12.4 Å². The van der Waals surface area contributed by atoms with Crippen LogP contribution in [0.2, 0.25) is 0 Å². The maximum Gasteiger partial charge on any atom is 0.224 e. The van der Waals surface area contributed by atoms with Gasteiger partial charge in [-0.1, -0.05) is 26.3 Å². The van der Waals surface area contributed by atoms with Gasteiger partial charge in [-0.3, -0.25) is 4.79 Å². The van der Waals surface area contributed by atoms with Gasteiger partial charge in [0.2, 0.25) is 5.91 Å². The van der Waals surface area contributed by atoms with Crippen LogP contribution in [0.1, 0.15) is 45.2 Å². The number of hydrogen-bond acceptors (Lipinski definition) is 2. The Kier molecular flexibility index (Phi) is 8.44. The molecule has 1 aromatic carbocycles. The Morgan fingerprint density at radius 3 is 2.43 bits per heavy atom. The summed E-state index contributed by atoms with van der Waals surface area (Å²) in [5, 5.41) is 2.79. The molecule has 0 saturated carbocycles. The van der Waals surface area contributed by atoms with Crippen molar-refractivity contribution < 1.29 is 13.6 Å². The molecule has 0 aliphatic carbocycles. The van der Waals surface area contributed by atoms with Gasteiger partial charge < -0.3 is 11.1 Å². The number of nitrogens with two attached hydrogens (primary N) is 1. The maximum absolute atomic E-state index is 13.8. The van der Waals surface area contributed by atoms with E-state index in [1.54, 1.807) is 13.8 Å². The summed E-state index contributed by atoms with van der Waals surface area (Å²) < 4.78 is 26.8. The van der Waals surface area contributed by atoms with Crippen molar-refractivity contribution in [1.82, 2.24) is 5.32 Å². The van der Waals surface area contributed by atoms with Gasteiger partial charge in [-0.2, -0.15) is 0 Å². The molecule has 1 rings (SSSR count). The van der Waals surface area contributed by atoms with Gasteiger partial charge in [0.25, 0.3) is 0 Å². The second kappa shape index (κ2) is 8.95. The minimum atomic E-state index is -0.641. The zero-order chi connectivity index (χ0) is 15.3. The van der Waals surface area contributed by atoms with E-state index >= 15 is 0 Å². The van der Waals surface area contributed by atoms with E-state index in [-0.39, 0.29) is 30.3 Å². The molecule has 0 aliphatic heterocycles. The predicted octanol–water partition coefficient (Wildman–Crippen LogP) is 3.33. The van der Waals surface area contributed by atoms with E-state index in [1.807, 2.05) is 6.92 Å². The molecule has 1 aromatic rings. The first-order chi connectivity index (χ1) is 9.36. The molecular formula is C15H23ClF2N2O. The molecule has 0 aromatic heterocycles. The summed E-state index contributed by atoms with van der Waals surface area (Å²) in [5.74, 6) is -1.85. The first kappa shape index (κ1) is 19.8. The molecule has 0 aliphatic rings. The molecule has 1 amide bonds. The lowest BCUT2D eigenvalue weighted by Crippen LogP contribution is -2.40. The van der Waals surface area contributed by atoms with Crippen LogP contribution in [0.3, 0.4) is 0 Å². The van der Waals surface area contributed by atoms with Crippen molar-refractivity contribution in [2.75, 3.05) is 0 Å². The topological polar surface area (TPSA) is 55.1 Å². The molecule has 3 unspecified atom stereocenters. The third-order valence-electron chi connectivity index (χ3n) is 3.43. The number of rotatable bonds is 6. The van der Waals surface area contributed by atoms with Crippen molar-refractivity contribution in [2.24, 2.45) is 11.7 Å². The molecule has 21 heavy (non-hydrogen) atoms. The summed E-state index contributed by atoms with van der Waals surface area (Å²) in [4.78, 5) is 12.0. The number of halogens is 3. The number of nitrogens with one attached hydrogen (secondary N) is 1. The van der Waals surface area contributed by atoms with Gasteiger partial charge in [0, 0.05) is 23.6 Å². The van der Waals surface area contributed by atoms with Gasteiger partial charge in [-0.05, 0) is 19.4 Å². The summed E-state index contributed by atoms with van der Waals surface area (Å²) in [7, 11) is 0. The van der Waals surface area contributed by atoms with Gasteiger partial charge >= 0.3 is 0 Å². The van der Waals surface area contributed by atoms with Crippen molar-refractivity contribution in [2.45, 2.75) is 45.7 Å². The van der Waals surface area contributed by atoms with E-state index in [0.29, 0.717) is 12.0 Å². The van der Waals surface area contributed by atoms with Crippen LogP contribution >= 0.6 is 12.4 Å². The fourth-order valence-electron chi connectivity index (χ4n) is 1.92. The summed E-state index contributed by atoms with van der Waals surface area (Å²) >= 11 is 0. The van der Waals surface area contributed by atoms with Crippen LogP contribution in [0.5, 0.6) is 0 Å². The highest BCUT2D eigenvalue weighted by molar-refractivity contribution is 5.85. The van der Waals surface area contributed by atoms with Gasteiger partial charge in [0.05, 0.1) is 6.04 Å². The summed E-state index contributed by atoms with van der Waals surface area (Å²) in [6.45, 7) is 5.41. The lowest BCUT2D eigenvalue weighted by molar-refractivity contribution is -0.125. The largest absolute Gasteiger partial charge is 0.349 e. The second-order valence-electron chi connectivity index (χ2n) is 5.16. The molecule has 3 atom stereocenters. The second-order valence-corrected chi connectivity index (χ2v) is 5.16. The van der Waals surface area contributed by atoms with E-state index < -0.39 is 17.7 Å². The van der Waals surface area contributed by atoms with E-state index in [1.165, 1.54) is 12.1 Å². The summed E-state index contributed by atoms with van der Waals surface area (Å²) in [5.41, 5.74) is 5.99. The summed E-state index contributed by atoms with van der Waals surface area (Å²) in [6.07, 6.45) is 1.36. The van der Waals surface area contributed by atoms with E-state index in [9.17, 15) is 13.6 Å². The highest BCUT2D eigenvalue weighted by Gasteiger charge is 2.22. The third-order valence-corrected chi connectivity index (χ3v) is 3.43. The quantitative estimate of drug-likeness (QED) is 0.844. The first-order valence-electron chi connectivity index (χ1n) is 6.87. The smallest absolute Gasteiger partial charge is 0.224 e. The fraction of sp³-hybridized carbons (Fsp3) is 0.533. The van der Waals surface area contributed by atoms with Crippen molar-refractivity contribution in [3.05, 3.63) is 35.4 Å². The Labute approximate surface area is 130 Å². The first-order valence-corrected chi connectivity index (χ1v) is 6.87. The van der Waals surface area contributed by atoms with Crippen LogP contribution < -0.4 is 11.1 Å². The van der Waals surface area contributed by atoms with Crippen LogP contribution in [0.25, 0.3) is 0 Å². The lowest BCUT2D eigenvalue weighted by atomic mass is 9.98. The Morgan fingerprint density at radius 2 is 1.95 bits per heavy atom. The lowest BCUT2D eigenvalue weighted by Gasteiger charge is -2.23. The number of carbonyl (C=O) groups excluding carboxylic acids is 1. The van der Waals surface area contributed by atoms with Crippen LogP contribution in [0.4, 0.5) is 8.78 Å². The Bertz CT molecular complexity index is 469. The molecule has 0 heterocycles. The molecule has 3 N–H and O–H groups in total. The summed E-state index contributed by atoms with van der Waals surface area (Å²) in [6, 6.07) is 2.66. The van der Waals surface area contributed by atoms with Crippen molar-refractivity contribution >= 4 is 18.3 Å². The van der Waals surface area contributed by atoms with Crippen molar-refractivity contribution in [3.63, 3.8) is 0 Å². The Morgan fingerprint density at radius 1 is 1.33 bits per heavy atom. The minimum Gasteiger partial charge on any atom is -0.349 e. The SMILES string of the molecule is CCCC(NC(=O)C(C)C(C)N)c1ccc(F)cc1F.Cl. The average Bonchev–Trinajstić information content (AvgIpc) is 2.37. The normalized spacial score (nSPS) is 14.8. The molecule has 0 spiro atoms. The molecule has 0 bridgehead atoms. The average molecular weight is 321 g/mol. The molecule has 3 nitrogen and oxygen atoms in total. The van der Waals surface area contributed by atoms with E-state index in [4.69, 9.17) is 5.73 Å². The van der Waals surface area contributed by atoms with Crippen molar-refractivity contribution in [1.29, 1.82) is 0 Å². The van der Waals surface area contributed by atoms with Crippen LogP contribution in [0, 0.1) is 17.6 Å². The fourth-order valence-corrected chi connectivity index (χ4v) is 1.92. The number of amides is 1. The molecule has 6 heteroatoms. The molecular weight excluding hydrogens is 298 g/mol. The van der Waals surface area contributed by atoms with Crippen LogP contribution in [-0.2, 0) is 4.79 Å². The molecule has 0 radical (unpaired) electrons. The van der Waals surface area contributed by atoms with Crippen LogP contribution in [0.15, 0.2) is 18.2 Å². The van der Waals surface area contributed by atoms with Gasteiger partial charge in [0.1, 0.15) is 11.6 Å². The highest BCUT2D eigenvalue weighted by Crippen LogP contribution is 2.23. The molecule has 0 fully saturated rings. The zero-order valence-electron chi connectivity index (χ0n) is 12.5. The number of hydrogen-bond donors (Lipinski definition) is 2. The predicted molar refractivity (Wildman–Crippen MR) is 82.2 cm³/mol. The Balaban J connectivity index is 0.00000400. The Hall–Kier alpha value is -1.20. The maximum atomic E-state index is 13.8. The monoisotopic (exact) mass is 320 g/mol.